The van der Waals surface area contributed by atoms with Gasteiger partial charge in [0.05, 0.1) is 5.25 Å². The second kappa shape index (κ2) is 5.60. The molecule has 3 heterocycles. The van der Waals surface area contributed by atoms with Crippen molar-refractivity contribution in [2.24, 2.45) is 0 Å². The number of amides is 3. The van der Waals surface area contributed by atoms with Gasteiger partial charge in [-0.05, 0) is 19.1 Å². The van der Waals surface area contributed by atoms with E-state index in [0.717, 1.165) is 11.8 Å². The quantitative estimate of drug-likeness (QED) is 0.820. The van der Waals surface area contributed by atoms with Crippen molar-refractivity contribution in [2.75, 3.05) is 13.1 Å². The number of hydrogen-bond acceptors (Lipinski definition) is 6. The molecule has 8 nitrogen and oxygen atoms in total. The molecule has 3 rings (SSSR count). The van der Waals surface area contributed by atoms with Gasteiger partial charge in [0, 0.05) is 19.3 Å². The van der Waals surface area contributed by atoms with Crippen LogP contribution in [0.15, 0.2) is 28.0 Å². The van der Waals surface area contributed by atoms with E-state index >= 15 is 0 Å². The Balaban J connectivity index is 1.66. The maximum atomic E-state index is 12.1. The number of thioether (sulfide) groups is 1. The van der Waals surface area contributed by atoms with Crippen LogP contribution in [0.1, 0.15) is 6.92 Å². The summed E-state index contributed by atoms with van der Waals surface area (Å²) in [6.07, 6.45) is 1.75. The van der Waals surface area contributed by atoms with Gasteiger partial charge in [-0.3, -0.25) is 9.69 Å². The zero-order valence-corrected chi connectivity index (χ0v) is 12.0. The summed E-state index contributed by atoms with van der Waals surface area (Å²) in [5.74, 6) is 0.0932. The van der Waals surface area contributed by atoms with Crippen LogP contribution in [0, 0.1) is 0 Å². The van der Waals surface area contributed by atoms with Gasteiger partial charge in [-0.25, -0.2) is 4.79 Å². The van der Waals surface area contributed by atoms with E-state index in [4.69, 9.17) is 4.42 Å². The molecule has 3 amide bonds. The van der Waals surface area contributed by atoms with E-state index in [1.165, 1.54) is 4.90 Å². The van der Waals surface area contributed by atoms with Crippen LogP contribution in [0.5, 0.6) is 0 Å². The summed E-state index contributed by atoms with van der Waals surface area (Å²) in [7, 11) is 0. The highest BCUT2D eigenvalue weighted by Gasteiger charge is 2.31. The highest BCUT2D eigenvalue weighted by molar-refractivity contribution is 8.00. The number of aromatic amines is 1. The predicted molar refractivity (Wildman–Crippen MR) is 74.5 cm³/mol. The maximum Gasteiger partial charge on any atom is 0.324 e. The Hall–Kier alpha value is -2.29. The molecule has 0 spiro atoms. The largest absolute Gasteiger partial charge is 0.410 e. The fourth-order valence-corrected chi connectivity index (χ4v) is 2.68. The Labute approximate surface area is 124 Å². The van der Waals surface area contributed by atoms with Crippen LogP contribution < -0.4 is 5.32 Å². The van der Waals surface area contributed by atoms with Crippen molar-refractivity contribution in [3.8, 4) is 11.6 Å². The monoisotopic (exact) mass is 307 g/mol. The van der Waals surface area contributed by atoms with Gasteiger partial charge in [-0.2, -0.15) is 0 Å². The first-order chi connectivity index (χ1) is 10.1. The Morgan fingerprint density at radius 2 is 2.38 bits per heavy atom. The topological polar surface area (TPSA) is 104 Å². The summed E-state index contributed by atoms with van der Waals surface area (Å²) in [5, 5.41) is 10.2. The molecule has 2 aromatic heterocycles. The van der Waals surface area contributed by atoms with Crippen molar-refractivity contribution in [3.63, 3.8) is 0 Å². The molecule has 0 bridgehead atoms. The van der Waals surface area contributed by atoms with E-state index < -0.39 is 5.25 Å². The molecule has 0 aliphatic carbocycles. The lowest BCUT2D eigenvalue weighted by Gasteiger charge is -2.15. The molecule has 110 valence electrons. The lowest BCUT2D eigenvalue weighted by molar-refractivity contribution is -0.126. The molecule has 1 aliphatic rings. The minimum Gasteiger partial charge on any atom is -0.410 e. The first-order valence-electron chi connectivity index (χ1n) is 6.38. The van der Waals surface area contributed by atoms with E-state index in [0.29, 0.717) is 29.9 Å². The Bertz CT molecular complexity index is 654. The summed E-state index contributed by atoms with van der Waals surface area (Å²) >= 11 is 1.13. The SMILES string of the molecule is C[C@H](Sc1nnc(-c2ccc[nH]2)o1)C(=O)N1CCNC1=O. The van der Waals surface area contributed by atoms with Crippen molar-refractivity contribution in [3.05, 3.63) is 18.3 Å². The highest BCUT2D eigenvalue weighted by Crippen LogP contribution is 2.26. The van der Waals surface area contributed by atoms with E-state index in [1.807, 2.05) is 12.1 Å². The zero-order chi connectivity index (χ0) is 14.8. The number of hydrogen-bond donors (Lipinski definition) is 2. The number of carbonyl (C=O) groups excluding carboxylic acids is 2. The van der Waals surface area contributed by atoms with Crippen LogP contribution in [0.4, 0.5) is 4.79 Å². The number of rotatable bonds is 4. The minimum absolute atomic E-state index is 0.269. The average molecular weight is 307 g/mol. The molecule has 0 unspecified atom stereocenters. The van der Waals surface area contributed by atoms with Crippen molar-refractivity contribution in [1.82, 2.24) is 25.4 Å². The van der Waals surface area contributed by atoms with Gasteiger partial charge in [0.15, 0.2) is 0 Å². The molecular weight excluding hydrogens is 294 g/mol. The standard InChI is InChI=1S/C12H13N5O3S/c1-7(10(18)17-6-5-14-11(17)19)21-12-16-15-9(20-12)8-3-2-4-13-8/h2-4,7,13H,5-6H2,1H3,(H,14,19)/t7-/m0/s1. The van der Waals surface area contributed by atoms with E-state index in [1.54, 1.807) is 13.1 Å². The third-order valence-electron chi connectivity index (χ3n) is 2.98. The molecule has 9 heteroatoms. The summed E-state index contributed by atoms with van der Waals surface area (Å²) in [6.45, 7) is 2.58. The number of nitrogens with one attached hydrogen (secondary N) is 2. The highest BCUT2D eigenvalue weighted by atomic mass is 32.2. The van der Waals surface area contributed by atoms with E-state index in [9.17, 15) is 9.59 Å². The number of imide groups is 1. The fourth-order valence-electron chi connectivity index (χ4n) is 1.93. The lowest BCUT2D eigenvalue weighted by atomic mass is 10.4. The summed E-state index contributed by atoms with van der Waals surface area (Å²) in [6, 6.07) is 3.28. The first kappa shape index (κ1) is 13.7. The normalized spacial score (nSPS) is 16.0. The van der Waals surface area contributed by atoms with E-state index in [2.05, 4.69) is 20.5 Å². The van der Waals surface area contributed by atoms with Crippen LogP contribution in [0.25, 0.3) is 11.6 Å². The number of urea groups is 1. The molecule has 0 saturated carbocycles. The van der Waals surface area contributed by atoms with Crippen molar-refractivity contribution < 1.29 is 14.0 Å². The second-order valence-corrected chi connectivity index (χ2v) is 5.73. The molecule has 2 N–H and O–H groups in total. The molecule has 2 aromatic rings. The molecule has 0 radical (unpaired) electrons. The van der Waals surface area contributed by atoms with Gasteiger partial charge in [-0.15, -0.1) is 10.2 Å². The molecule has 0 aromatic carbocycles. The van der Waals surface area contributed by atoms with Gasteiger partial charge in [0.25, 0.3) is 11.1 Å². The molecule has 1 fully saturated rings. The van der Waals surface area contributed by atoms with Crippen LogP contribution >= 0.6 is 11.8 Å². The van der Waals surface area contributed by atoms with Gasteiger partial charge < -0.3 is 14.7 Å². The molecule has 1 atom stereocenters. The number of aromatic nitrogens is 3. The van der Waals surface area contributed by atoms with Crippen molar-refractivity contribution in [1.29, 1.82) is 0 Å². The summed E-state index contributed by atoms with van der Waals surface area (Å²) < 4.78 is 5.48. The van der Waals surface area contributed by atoms with Crippen LogP contribution in [0.2, 0.25) is 0 Å². The maximum absolute atomic E-state index is 12.1. The minimum atomic E-state index is -0.481. The van der Waals surface area contributed by atoms with Crippen LogP contribution in [0.3, 0.4) is 0 Å². The van der Waals surface area contributed by atoms with Crippen LogP contribution in [-0.2, 0) is 4.79 Å². The second-order valence-electron chi connectivity index (χ2n) is 4.44. The van der Waals surface area contributed by atoms with Gasteiger partial charge in [0.1, 0.15) is 5.69 Å². The molecule has 1 saturated heterocycles. The summed E-state index contributed by atoms with van der Waals surface area (Å²) in [4.78, 5) is 27.8. The number of H-pyrrole nitrogens is 1. The number of carbonyl (C=O) groups is 2. The van der Waals surface area contributed by atoms with Gasteiger partial charge >= 0.3 is 6.03 Å². The first-order valence-corrected chi connectivity index (χ1v) is 7.26. The van der Waals surface area contributed by atoms with Crippen molar-refractivity contribution in [2.45, 2.75) is 17.4 Å². The average Bonchev–Trinajstić information content (AvgIpc) is 3.17. The molecule has 21 heavy (non-hydrogen) atoms. The predicted octanol–water partition coefficient (Wildman–Crippen LogP) is 1.10. The van der Waals surface area contributed by atoms with Crippen LogP contribution in [-0.4, -0.2) is 50.4 Å². The van der Waals surface area contributed by atoms with E-state index in [-0.39, 0.29) is 11.9 Å². The fraction of sp³-hybridized carbons (Fsp3) is 0.333. The van der Waals surface area contributed by atoms with Gasteiger partial charge in [0.2, 0.25) is 5.91 Å². The Morgan fingerprint density at radius 3 is 3.05 bits per heavy atom. The Kier molecular flexibility index (Phi) is 3.65. The molecule has 1 aliphatic heterocycles. The van der Waals surface area contributed by atoms with Crippen molar-refractivity contribution >= 4 is 23.7 Å². The number of nitrogens with zero attached hydrogens (tertiary/aromatic N) is 3. The summed E-state index contributed by atoms with van der Waals surface area (Å²) in [5.41, 5.74) is 0.715. The smallest absolute Gasteiger partial charge is 0.324 e. The van der Waals surface area contributed by atoms with Gasteiger partial charge in [-0.1, -0.05) is 11.8 Å². The zero-order valence-electron chi connectivity index (χ0n) is 11.2. The third kappa shape index (κ3) is 2.77. The third-order valence-corrected chi connectivity index (χ3v) is 3.90. The Morgan fingerprint density at radius 1 is 1.52 bits per heavy atom. The lowest BCUT2D eigenvalue weighted by Crippen LogP contribution is -2.38. The molecular formula is C12H13N5O3S.